The third-order valence-corrected chi connectivity index (χ3v) is 3.83. The first-order valence-electron chi connectivity index (χ1n) is 6.04. The van der Waals surface area contributed by atoms with Crippen LogP contribution in [-0.2, 0) is 0 Å². The van der Waals surface area contributed by atoms with Crippen LogP contribution >= 0.6 is 0 Å². The topological polar surface area (TPSA) is 102 Å². The molecule has 0 aliphatic heterocycles. The Morgan fingerprint density at radius 2 is 2.22 bits per heavy atom. The maximum Gasteiger partial charge on any atom is 0.275 e. The fraction of sp³-hybridized carbons (Fsp3) is 0.500. The predicted octanol–water partition coefficient (Wildman–Crippen LogP) is 0.0980. The lowest BCUT2D eigenvalue weighted by molar-refractivity contribution is 0.0908. The zero-order valence-electron chi connectivity index (χ0n) is 9.76. The van der Waals surface area contributed by atoms with E-state index in [9.17, 15) is 15.0 Å². The van der Waals surface area contributed by atoms with Gasteiger partial charge in [-0.05, 0) is 24.3 Å². The lowest BCUT2D eigenvalue weighted by Gasteiger charge is -2.08. The lowest BCUT2D eigenvalue weighted by Crippen LogP contribution is -2.16. The molecule has 0 unspecified atom stereocenters. The van der Waals surface area contributed by atoms with Gasteiger partial charge in [0.25, 0.3) is 5.56 Å². The van der Waals surface area contributed by atoms with Gasteiger partial charge in [-0.25, -0.2) is 4.98 Å². The SMILES string of the molecule is O=c1[nH]cnc2c([C@@H]3C[C@H](CO)[C@@H](O)C3)c[nH]c12. The van der Waals surface area contributed by atoms with Crippen LogP contribution in [0.1, 0.15) is 24.3 Å². The van der Waals surface area contributed by atoms with Crippen LogP contribution in [-0.4, -0.2) is 37.9 Å². The van der Waals surface area contributed by atoms with Gasteiger partial charge >= 0.3 is 0 Å². The Morgan fingerprint density at radius 3 is 2.94 bits per heavy atom. The minimum absolute atomic E-state index is 0.00592. The molecule has 2 aromatic heterocycles. The molecule has 1 fully saturated rings. The van der Waals surface area contributed by atoms with E-state index in [4.69, 9.17) is 0 Å². The molecular weight excluding hydrogens is 234 g/mol. The number of nitrogens with zero attached hydrogens (tertiary/aromatic N) is 1. The van der Waals surface area contributed by atoms with E-state index < -0.39 is 6.10 Å². The van der Waals surface area contributed by atoms with Crippen LogP contribution in [0.5, 0.6) is 0 Å². The predicted molar refractivity (Wildman–Crippen MR) is 65.3 cm³/mol. The van der Waals surface area contributed by atoms with Crippen LogP contribution in [0.25, 0.3) is 11.0 Å². The first kappa shape index (κ1) is 11.4. The van der Waals surface area contributed by atoms with Gasteiger partial charge in [-0.2, -0.15) is 0 Å². The second-order valence-electron chi connectivity index (χ2n) is 4.88. The highest BCUT2D eigenvalue weighted by atomic mass is 16.3. The van der Waals surface area contributed by atoms with E-state index in [0.29, 0.717) is 17.5 Å². The van der Waals surface area contributed by atoms with Crippen LogP contribution in [0, 0.1) is 5.92 Å². The molecule has 96 valence electrons. The van der Waals surface area contributed by atoms with Gasteiger partial charge in [-0.3, -0.25) is 4.79 Å². The highest BCUT2D eigenvalue weighted by Gasteiger charge is 2.34. The standard InChI is InChI=1S/C12H15N3O3/c16-4-7-1-6(2-9(7)17)8-3-13-11-10(8)14-5-15-12(11)18/h3,5-7,9,13,16-17H,1-2,4H2,(H,14,15,18)/t6-,7-,9+/m1/s1. The number of aliphatic hydroxyl groups excluding tert-OH is 2. The minimum Gasteiger partial charge on any atom is -0.396 e. The van der Waals surface area contributed by atoms with Gasteiger partial charge in [-0.1, -0.05) is 0 Å². The summed E-state index contributed by atoms with van der Waals surface area (Å²) in [5.41, 5.74) is 1.89. The van der Waals surface area contributed by atoms with E-state index >= 15 is 0 Å². The summed E-state index contributed by atoms with van der Waals surface area (Å²) in [5.74, 6) is 0.0575. The van der Waals surface area contributed by atoms with Crippen molar-refractivity contribution in [3.8, 4) is 0 Å². The van der Waals surface area contributed by atoms with Crippen molar-refractivity contribution in [2.45, 2.75) is 24.9 Å². The van der Waals surface area contributed by atoms with Gasteiger partial charge in [0.2, 0.25) is 0 Å². The van der Waals surface area contributed by atoms with Crippen molar-refractivity contribution in [3.63, 3.8) is 0 Å². The van der Waals surface area contributed by atoms with Gasteiger partial charge in [0, 0.05) is 18.7 Å². The second kappa shape index (κ2) is 4.22. The lowest BCUT2D eigenvalue weighted by atomic mass is 9.98. The molecular formula is C12H15N3O3. The van der Waals surface area contributed by atoms with Crippen molar-refractivity contribution >= 4 is 11.0 Å². The monoisotopic (exact) mass is 249 g/mol. The highest BCUT2D eigenvalue weighted by Crippen LogP contribution is 2.39. The quantitative estimate of drug-likeness (QED) is 0.606. The second-order valence-corrected chi connectivity index (χ2v) is 4.88. The largest absolute Gasteiger partial charge is 0.396 e. The van der Waals surface area contributed by atoms with Crippen molar-refractivity contribution in [2.24, 2.45) is 5.92 Å². The number of nitrogens with one attached hydrogen (secondary N) is 2. The average molecular weight is 249 g/mol. The molecule has 4 N–H and O–H groups in total. The van der Waals surface area contributed by atoms with E-state index in [0.717, 1.165) is 12.0 Å². The molecule has 6 heteroatoms. The molecule has 0 aromatic carbocycles. The first-order valence-corrected chi connectivity index (χ1v) is 6.04. The number of aromatic nitrogens is 3. The molecule has 0 amide bonds. The molecule has 0 spiro atoms. The molecule has 3 atom stereocenters. The van der Waals surface area contributed by atoms with Gasteiger partial charge in [0.15, 0.2) is 0 Å². The summed E-state index contributed by atoms with van der Waals surface area (Å²) >= 11 is 0. The van der Waals surface area contributed by atoms with Crippen LogP contribution in [0.15, 0.2) is 17.3 Å². The number of aliphatic hydroxyl groups is 2. The van der Waals surface area contributed by atoms with Gasteiger partial charge in [0.1, 0.15) is 5.52 Å². The zero-order valence-corrected chi connectivity index (χ0v) is 9.76. The average Bonchev–Trinajstić information content (AvgIpc) is 2.93. The van der Waals surface area contributed by atoms with E-state index in [1.54, 1.807) is 6.20 Å². The molecule has 18 heavy (non-hydrogen) atoms. The van der Waals surface area contributed by atoms with Gasteiger partial charge < -0.3 is 20.2 Å². The Labute approximate surface area is 103 Å². The number of hydrogen-bond donors (Lipinski definition) is 4. The molecule has 1 aliphatic carbocycles. The fourth-order valence-corrected chi connectivity index (χ4v) is 2.83. The maximum atomic E-state index is 11.6. The van der Waals surface area contributed by atoms with Crippen molar-refractivity contribution < 1.29 is 10.2 Å². The third-order valence-electron chi connectivity index (χ3n) is 3.83. The number of H-pyrrole nitrogens is 2. The Balaban J connectivity index is 2.01. The Bertz CT molecular complexity index is 618. The minimum atomic E-state index is -0.480. The summed E-state index contributed by atoms with van der Waals surface area (Å²) < 4.78 is 0. The highest BCUT2D eigenvalue weighted by molar-refractivity contribution is 5.78. The van der Waals surface area contributed by atoms with E-state index in [1.165, 1.54) is 6.33 Å². The summed E-state index contributed by atoms with van der Waals surface area (Å²) in [4.78, 5) is 21.2. The summed E-state index contributed by atoms with van der Waals surface area (Å²) in [5, 5.41) is 19.0. The Hall–Kier alpha value is -1.66. The van der Waals surface area contributed by atoms with Crippen molar-refractivity contribution in [2.75, 3.05) is 6.61 Å². The van der Waals surface area contributed by atoms with Gasteiger partial charge in [0.05, 0.1) is 17.9 Å². The smallest absolute Gasteiger partial charge is 0.275 e. The van der Waals surface area contributed by atoms with E-state index in [1.807, 2.05) is 0 Å². The molecule has 0 saturated heterocycles. The van der Waals surface area contributed by atoms with Crippen LogP contribution in [0.2, 0.25) is 0 Å². The number of aromatic amines is 2. The Morgan fingerprint density at radius 1 is 1.39 bits per heavy atom. The van der Waals surface area contributed by atoms with E-state index in [2.05, 4.69) is 15.0 Å². The normalized spacial score (nSPS) is 28.0. The van der Waals surface area contributed by atoms with Crippen LogP contribution in [0.4, 0.5) is 0 Å². The number of fused-ring (bicyclic) bond motifs is 1. The van der Waals surface area contributed by atoms with Gasteiger partial charge in [-0.15, -0.1) is 0 Å². The van der Waals surface area contributed by atoms with Crippen molar-refractivity contribution in [1.82, 2.24) is 15.0 Å². The molecule has 1 aliphatic rings. The molecule has 2 aromatic rings. The van der Waals surface area contributed by atoms with Crippen LogP contribution in [0.3, 0.4) is 0 Å². The summed E-state index contributed by atoms with van der Waals surface area (Å²) in [6.45, 7) is -0.00592. The molecule has 6 nitrogen and oxygen atoms in total. The summed E-state index contributed by atoms with van der Waals surface area (Å²) in [6, 6.07) is 0. The zero-order chi connectivity index (χ0) is 12.7. The molecule has 3 rings (SSSR count). The number of rotatable bonds is 2. The Kier molecular flexibility index (Phi) is 2.68. The summed E-state index contributed by atoms with van der Waals surface area (Å²) in [6.07, 6.45) is 4.01. The van der Waals surface area contributed by atoms with E-state index in [-0.39, 0.29) is 24.0 Å². The first-order chi connectivity index (χ1) is 8.70. The molecule has 0 bridgehead atoms. The molecule has 1 saturated carbocycles. The fourth-order valence-electron chi connectivity index (χ4n) is 2.83. The maximum absolute atomic E-state index is 11.6. The van der Waals surface area contributed by atoms with Crippen molar-refractivity contribution in [1.29, 1.82) is 0 Å². The van der Waals surface area contributed by atoms with Crippen molar-refractivity contribution in [3.05, 3.63) is 28.4 Å². The van der Waals surface area contributed by atoms with Crippen LogP contribution < -0.4 is 5.56 Å². The third kappa shape index (κ3) is 1.65. The summed E-state index contributed by atoms with van der Waals surface area (Å²) in [7, 11) is 0. The number of hydrogen-bond acceptors (Lipinski definition) is 4. The molecule has 0 radical (unpaired) electrons. The molecule has 2 heterocycles.